The maximum atomic E-state index is 11.9. The average molecular weight is 326 g/mol. The summed E-state index contributed by atoms with van der Waals surface area (Å²) in [6.45, 7) is 0. The summed E-state index contributed by atoms with van der Waals surface area (Å²) < 4.78 is 0. The van der Waals surface area contributed by atoms with Gasteiger partial charge in [-0.2, -0.15) is 9.98 Å². The highest BCUT2D eigenvalue weighted by atomic mass is 35.5. The van der Waals surface area contributed by atoms with Crippen LogP contribution in [0.25, 0.3) is 0 Å². The Balaban J connectivity index is 1.93. The van der Waals surface area contributed by atoms with Crippen LogP contribution in [-0.2, 0) is 9.59 Å². The molecule has 1 aromatic rings. The van der Waals surface area contributed by atoms with Crippen molar-refractivity contribution in [2.24, 2.45) is 21.5 Å². The lowest BCUT2D eigenvalue weighted by molar-refractivity contribution is -0.121. The molecule has 0 spiro atoms. The number of amides is 2. The summed E-state index contributed by atoms with van der Waals surface area (Å²) in [5.41, 5.74) is 11.0. The normalized spacial score (nSPS) is 17.3. The summed E-state index contributed by atoms with van der Waals surface area (Å²) in [7, 11) is 0. The van der Waals surface area contributed by atoms with Gasteiger partial charge in [0.1, 0.15) is 5.25 Å². The summed E-state index contributed by atoms with van der Waals surface area (Å²) in [5, 5.41) is 2.72. The quantitative estimate of drug-likeness (QED) is 0.563. The molecule has 9 heteroatoms. The lowest BCUT2D eigenvalue weighted by Crippen LogP contribution is -2.23. The molecule has 21 heavy (non-hydrogen) atoms. The third-order valence-corrected chi connectivity index (χ3v) is 3.71. The Hall–Kier alpha value is -2.06. The molecule has 1 aromatic carbocycles. The van der Waals surface area contributed by atoms with Crippen LogP contribution < -0.4 is 16.8 Å². The van der Waals surface area contributed by atoms with Gasteiger partial charge in [0.25, 0.3) is 5.91 Å². The van der Waals surface area contributed by atoms with Crippen LogP contribution in [0.15, 0.2) is 34.3 Å². The number of carbonyl (C=O) groups is 2. The van der Waals surface area contributed by atoms with Crippen molar-refractivity contribution in [2.75, 3.05) is 5.32 Å². The summed E-state index contributed by atoms with van der Waals surface area (Å²) in [6.07, 6.45) is -0.0248. The number of aliphatic imine (C=N–C) groups is 2. The van der Waals surface area contributed by atoms with E-state index in [0.717, 1.165) is 11.8 Å². The number of carbonyl (C=O) groups excluding carboxylic acids is 2. The van der Waals surface area contributed by atoms with E-state index in [9.17, 15) is 9.59 Å². The first-order valence-corrected chi connectivity index (χ1v) is 7.14. The number of halogens is 1. The van der Waals surface area contributed by atoms with Gasteiger partial charge in [-0.25, -0.2) is 0 Å². The van der Waals surface area contributed by atoms with Gasteiger partial charge < -0.3 is 16.8 Å². The predicted molar refractivity (Wildman–Crippen MR) is 84.3 cm³/mol. The smallest absolute Gasteiger partial charge is 0.262 e. The van der Waals surface area contributed by atoms with Gasteiger partial charge in [0.15, 0.2) is 11.1 Å². The van der Waals surface area contributed by atoms with Crippen LogP contribution in [0.4, 0.5) is 5.69 Å². The summed E-state index contributed by atoms with van der Waals surface area (Å²) in [5.74, 6) is -0.927. The molecule has 110 valence electrons. The Labute approximate surface area is 129 Å². The van der Waals surface area contributed by atoms with Crippen LogP contribution in [0, 0.1) is 0 Å². The lowest BCUT2D eigenvalue weighted by atomic mass is 10.2. The number of thioether (sulfide) groups is 1. The predicted octanol–water partition coefficient (Wildman–Crippen LogP) is 0.940. The molecule has 1 atom stereocenters. The molecule has 5 N–H and O–H groups in total. The number of hydrogen-bond acceptors (Lipinski definition) is 4. The zero-order chi connectivity index (χ0) is 15.4. The van der Waals surface area contributed by atoms with E-state index in [4.69, 9.17) is 23.1 Å². The maximum absolute atomic E-state index is 11.9. The number of benzene rings is 1. The molecule has 1 heterocycles. The molecule has 1 aliphatic rings. The van der Waals surface area contributed by atoms with Crippen LogP contribution in [0.5, 0.6) is 0 Å². The molecule has 0 aromatic heterocycles. The number of nitrogens with zero attached hydrogens (tertiary/aromatic N) is 2. The largest absolute Gasteiger partial charge is 0.370 e. The van der Waals surface area contributed by atoms with Gasteiger partial charge in [0, 0.05) is 17.1 Å². The Bertz CT molecular complexity index is 642. The second-order valence-corrected chi connectivity index (χ2v) is 5.74. The SMILES string of the molecule is NC(N)=NC1=NC(=O)C(CC(=O)Nc2cccc(Cl)c2)S1. The standard InChI is InChI=1S/C12H12ClN5O2S/c13-6-2-1-3-7(4-6)16-9(19)5-8-10(20)17-12(21-8)18-11(14)15/h1-4,8H,5H2,(H,16,19)(H4,14,15,17,18,20). The number of hydrogen-bond donors (Lipinski definition) is 3. The van der Waals surface area contributed by atoms with E-state index in [-0.39, 0.29) is 23.5 Å². The minimum atomic E-state index is -0.623. The van der Waals surface area contributed by atoms with Gasteiger partial charge in [-0.1, -0.05) is 29.4 Å². The van der Waals surface area contributed by atoms with Gasteiger partial charge in [0.05, 0.1) is 0 Å². The van der Waals surface area contributed by atoms with E-state index in [1.807, 2.05) is 0 Å². The minimum absolute atomic E-state index is 0.0248. The minimum Gasteiger partial charge on any atom is -0.370 e. The van der Waals surface area contributed by atoms with E-state index in [1.165, 1.54) is 0 Å². The average Bonchev–Trinajstić information content (AvgIpc) is 2.68. The topological polar surface area (TPSA) is 123 Å². The van der Waals surface area contributed by atoms with Crippen molar-refractivity contribution >= 4 is 52.0 Å². The third kappa shape index (κ3) is 4.47. The fraction of sp³-hybridized carbons (Fsp3) is 0.167. The maximum Gasteiger partial charge on any atom is 0.262 e. The van der Waals surface area contributed by atoms with Crippen molar-refractivity contribution in [3.05, 3.63) is 29.3 Å². The first kappa shape index (κ1) is 15.3. The van der Waals surface area contributed by atoms with E-state index in [2.05, 4.69) is 15.3 Å². The van der Waals surface area contributed by atoms with Crippen LogP contribution in [0.1, 0.15) is 6.42 Å². The molecule has 0 radical (unpaired) electrons. The van der Waals surface area contributed by atoms with E-state index in [1.54, 1.807) is 24.3 Å². The first-order chi connectivity index (χ1) is 9.94. The number of rotatable bonds is 3. The molecule has 7 nitrogen and oxygen atoms in total. The van der Waals surface area contributed by atoms with Crippen molar-refractivity contribution in [1.29, 1.82) is 0 Å². The Morgan fingerprint density at radius 2 is 2.24 bits per heavy atom. The van der Waals surface area contributed by atoms with Crippen molar-refractivity contribution < 1.29 is 9.59 Å². The van der Waals surface area contributed by atoms with Crippen LogP contribution in [0.2, 0.25) is 5.02 Å². The molecule has 0 aliphatic carbocycles. The molecule has 0 saturated carbocycles. The lowest BCUT2D eigenvalue weighted by Gasteiger charge is -2.08. The molecule has 2 rings (SSSR count). The van der Waals surface area contributed by atoms with Gasteiger partial charge >= 0.3 is 0 Å². The first-order valence-electron chi connectivity index (χ1n) is 5.88. The number of anilines is 1. The van der Waals surface area contributed by atoms with E-state index in [0.29, 0.717) is 10.7 Å². The molecule has 0 fully saturated rings. The number of guanidine groups is 1. The van der Waals surface area contributed by atoms with Crippen LogP contribution in [-0.4, -0.2) is 28.2 Å². The molecule has 1 aliphatic heterocycles. The Morgan fingerprint density at radius 3 is 2.90 bits per heavy atom. The van der Waals surface area contributed by atoms with Crippen LogP contribution in [0.3, 0.4) is 0 Å². The highest BCUT2D eigenvalue weighted by molar-refractivity contribution is 8.15. The van der Waals surface area contributed by atoms with Crippen LogP contribution >= 0.6 is 23.4 Å². The van der Waals surface area contributed by atoms with Crippen molar-refractivity contribution in [1.82, 2.24) is 0 Å². The second kappa shape index (κ2) is 6.59. The fourth-order valence-electron chi connectivity index (χ4n) is 1.61. The number of nitrogens with two attached hydrogens (primary N) is 2. The number of nitrogens with one attached hydrogen (secondary N) is 1. The van der Waals surface area contributed by atoms with Gasteiger partial charge in [0.2, 0.25) is 5.91 Å². The van der Waals surface area contributed by atoms with Crippen molar-refractivity contribution in [2.45, 2.75) is 11.7 Å². The zero-order valence-electron chi connectivity index (χ0n) is 10.7. The molecule has 0 bridgehead atoms. The Morgan fingerprint density at radius 1 is 1.48 bits per heavy atom. The summed E-state index contributed by atoms with van der Waals surface area (Å²) >= 11 is 6.88. The highest BCUT2D eigenvalue weighted by Crippen LogP contribution is 2.26. The molecule has 2 amide bonds. The van der Waals surface area contributed by atoms with Gasteiger partial charge in [-0.15, -0.1) is 0 Å². The fourth-order valence-corrected chi connectivity index (χ4v) is 2.74. The monoisotopic (exact) mass is 325 g/mol. The third-order valence-electron chi connectivity index (χ3n) is 2.43. The van der Waals surface area contributed by atoms with E-state index >= 15 is 0 Å². The van der Waals surface area contributed by atoms with Gasteiger partial charge in [-0.05, 0) is 18.2 Å². The Kier molecular flexibility index (Phi) is 4.81. The molecular weight excluding hydrogens is 314 g/mol. The van der Waals surface area contributed by atoms with Crippen molar-refractivity contribution in [3.8, 4) is 0 Å². The zero-order valence-corrected chi connectivity index (χ0v) is 12.3. The summed E-state index contributed by atoms with van der Waals surface area (Å²) in [4.78, 5) is 30.9. The van der Waals surface area contributed by atoms with E-state index < -0.39 is 11.2 Å². The second-order valence-electron chi connectivity index (χ2n) is 4.14. The summed E-state index contributed by atoms with van der Waals surface area (Å²) in [6, 6.07) is 6.73. The van der Waals surface area contributed by atoms with Crippen molar-refractivity contribution in [3.63, 3.8) is 0 Å². The molecule has 1 unspecified atom stereocenters. The highest BCUT2D eigenvalue weighted by Gasteiger charge is 2.30. The molecule has 0 saturated heterocycles. The van der Waals surface area contributed by atoms with Gasteiger partial charge in [-0.3, -0.25) is 9.59 Å². The number of amidine groups is 1. The molecular formula is C12H12ClN5O2S.